The highest BCUT2D eigenvalue weighted by molar-refractivity contribution is 5.80. The van der Waals surface area contributed by atoms with Crippen LogP contribution in [0.15, 0.2) is 30.3 Å². The number of benzene rings is 1. The smallest absolute Gasteiger partial charge is 0.320 e. The molecule has 0 radical (unpaired) electrons. The van der Waals surface area contributed by atoms with Gasteiger partial charge in [0.05, 0.1) is 6.54 Å². The summed E-state index contributed by atoms with van der Waals surface area (Å²) in [6.07, 6.45) is 5.12. The monoisotopic (exact) mass is 358 g/mol. The highest BCUT2D eigenvalue weighted by atomic mass is 16.4. The van der Waals surface area contributed by atoms with E-state index >= 15 is 0 Å². The van der Waals surface area contributed by atoms with Gasteiger partial charge in [0.15, 0.2) is 0 Å². The molecule has 1 heterocycles. The van der Waals surface area contributed by atoms with Crippen LogP contribution >= 0.6 is 0 Å². The normalized spacial score (nSPS) is 25.9. The van der Waals surface area contributed by atoms with Crippen molar-refractivity contribution in [2.45, 2.75) is 70.6 Å². The third-order valence-electron chi connectivity index (χ3n) is 5.96. The lowest BCUT2D eigenvalue weighted by Crippen LogP contribution is -2.49. The summed E-state index contributed by atoms with van der Waals surface area (Å²) in [6, 6.07) is 9.78. The molecule has 1 amide bonds. The number of nitrogens with zero attached hydrogens (tertiary/aromatic N) is 2. The molecule has 0 bridgehead atoms. The first-order valence-electron chi connectivity index (χ1n) is 9.79. The van der Waals surface area contributed by atoms with Crippen LogP contribution in [-0.4, -0.2) is 51.5 Å². The highest BCUT2D eigenvalue weighted by Crippen LogP contribution is 2.39. The molecule has 2 fully saturated rings. The molecule has 1 N–H and O–H groups in total. The summed E-state index contributed by atoms with van der Waals surface area (Å²) >= 11 is 0. The Hall–Kier alpha value is -1.88. The van der Waals surface area contributed by atoms with Crippen molar-refractivity contribution in [3.05, 3.63) is 35.9 Å². The van der Waals surface area contributed by atoms with Gasteiger partial charge in [0, 0.05) is 18.6 Å². The number of carbonyl (C=O) groups excluding carboxylic acids is 1. The van der Waals surface area contributed by atoms with Crippen LogP contribution in [0.5, 0.6) is 0 Å². The van der Waals surface area contributed by atoms with Gasteiger partial charge in [-0.15, -0.1) is 0 Å². The van der Waals surface area contributed by atoms with Crippen LogP contribution in [0.4, 0.5) is 0 Å². The van der Waals surface area contributed by atoms with Crippen molar-refractivity contribution in [1.82, 2.24) is 9.80 Å². The van der Waals surface area contributed by atoms with E-state index < -0.39 is 12.0 Å². The zero-order valence-electron chi connectivity index (χ0n) is 15.8. The lowest BCUT2D eigenvalue weighted by Gasteiger charge is -2.35. The molecule has 0 spiro atoms. The van der Waals surface area contributed by atoms with Gasteiger partial charge in [0.25, 0.3) is 0 Å². The van der Waals surface area contributed by atoms with Crippen molar-refractivity contribution in [2.24, 2.45) is 5.92 Å². The Kier molecular flexibility index (Phi) is 5.97. The van der Waals surface area contributed by atoms with E-state index in [0.717, 1.165) is 24.8 Å². The van der Waals surface area contributed by atoms with Crippen LogP contribution in [0.1, 0.15) is 51.5 Å². The molecule has 1 aliphatic carbocycles. The number of fused-ring (bicyclic) bond motifs is 1. The first-order valence-corrected chi connectivity index (χ1v) is 9.79. The van der Waals surface area contributed by atoms with E-state index in [-0.39, 0.29) is 24.5 Å². The Labute approximate surface area is 156 Å². The number of carboxylic acid groups (broad SMARTS) is 1. The van der Waals surface area contributed by atoms with Gasteiger partial charge in [0.2, 0.25) is 5.91 Å². The van der Waals surface area contributed by atoms with E-state index in [0.29, 0.717) is 18.9 Å². The molecule has 1 aliphatic heterocycles. The maximum Gasteiger partial charge on any atom is 0.320 e. The van der Waals surface area contributed by atoms with Crippen LogP contribution in [0.3, 0.4) is 0 Å². The molecule has 2 aliphatic rings. The van der Waals surface area contributed by atoms with E-state index in [1.165, 1.54) is 6.42 Å². The van der Waals surface area contributed by atoms with Crippen LogP contribution < -0.4 is 0 Å². The summed E-state index contributed by atoms with van der Waals surface area (Å²) in [7, 11) is 0. The molecule has 142 valence electrons. The molecule has 3 unspecified atom stereocenters. The zero-order chi connectivity index (χ0) is 18.7. The van der Waals surface area contributed by atoms with E-state index in [2.05, 4.69) is 0 Å². The summed E-state index contributed by atoms with van der Waals surface area (Å²) in [5, 5.41) is 9.66. The van der Waals surface area contributed by atoms with Gasteiger partial charge in [-0.05, 0) is 44.6 Å². The van der Waals surface area contributed by atoms with Crippen LogP contribution in [0.25, 0.3) is 0 Å². The molecular formula is C21H30N2O3. The third kappa shape index (κ3) is 4.09. The first-order chi connectivity index (χ1) is 12.5. The van der Waals surface area contributed by atoms with Gasteiger partial charge in [-0.1, -0.05) is 43.2 Å². The molecule has 3 rings (SSSR count). The number of aliphatic carboxylic acids is 1. The average Bonchev–Trinajstić information content (AvgIpc) is 2.99. The molecule has 1 aromatic rings. The quantitative estimate of drug-likeness (QED) is 0.849. The van der Waals surface area contributed by atoms with Gasteiger partial charge in [-0.3, -0.25) is 14.5 Å². The Bertz CT molecular complexity index is 631. The van der Waals surface area contributed by atoms with E-state index in [1.807, 2.05) is 54.0 Å². The number of likely N-dealkylation sites (tertiary alicyclic amines) is 1. The predicted octanol–water partition coefficient (Wildman–Crippen LogP) is 3.14. The molecule has 1 aromatic carbocycles. The minimum atomic E-state index is -0.786. The van der Waals surface area contributed by atoms with Crippen molar-refractivity contribution >= 4 is 11.9 Å². The summed E-state index contributed by atoms with van der Waals surface area (Å²) in [4.78, 5) is 28.7. The number of carboxylic acids is 1. The molecule has 0 aromatic heterocycles. The SMILES string of the molecule is CC(C)N(Cc1ccccc1)C(=O)CN1C(C(=O)O)CC2CCCCC21. The number of hydrogen-bond donors (Lipinski definition) is 1. The Balaban J connectivity index is 1.73. The minimum absolute atomic E-state index is 0.0290. The lowest BCUT2D eigenvalue weighted by molar-refractivity contribution is -0.144. The standard InChI is InChI=1S/C21H30N2O3/c1-15(2)22(13-16-8-4-3-5-9-16)20(24)14-23-18-11-7-6-10-17(18)12-19(23)21(25)26/h3-5,8-9,15,17-19H,6-7,10-14H2,1-2H3,(H,25,26). The Morgan fingerprint density at radius 3 is 2.54 bits per heavy atom. The Morgan fingerprint density at radius 2 is 1.88 bits per heavy atom. The summed E-state index contributed by atoms with van der Waals surface area (Å²) in [6.45, 7) is 4.81. The van der Waals surface area contributed by atoms with Crippen molar-refractivity contribution in [1.29, 1.82) is 0 Å². The van der Waals surface area contributed by atoms with Crippen molar-refractivity contribution in [3.8, 4) is 0 Å². The number of carbonyl (C=O) groups is 2. The Morgan fingerprint density at radius 1 is 1.19 bits per heavy atom. The number of rotatable bonds is 6. The molecule has 1 saturated heterocycles. The van der Waals surface area contributed by atoms with E-state index in [9.17, 15) is 14.7 Å². The highest BCUT2D eigenvalue weighted by Gasteiger charge is 2.46. The summed E-state index contributed by atoms with van der Waals surface area (Å²) < 4.78 is 0. The third-order valence-corrected chi connectivity index (χ3v) is 5.96. The van der Waals surface area contributed by atoms with Crippen molar-refractivity contribution in [3.63, 3.8) is 0 Å². The second-order valence-corrected chi connectivity index (χ2v) is 7.97. The number of hydrogen-bond acceptors (Lipinski definition) is 3. The van der Waals surface area contributed by atoms with Crippen molar-refractivity contribution < 1.29 is 14.7 Å². The fraction of sp³-hybridized carbons (Fsp3) is 0.619. The van der Waals surface area contributed by atoms with Crippen molar-refractivity contribution in [2.75, 3.05) is 6.54 Å². The maximum absolute atomic E-state index is 13.1. The van der Waals surface area contributed by atoms with Gasteiger partial charge in [-0.25, -0.2) is 0 Å². The molecular weight excluding hydrogens is 328 g/mol. The largest absolute Gasteiger partial charge is 0.480 e. The van der Waals surface area contributed by atoms with Gasteiger partial charge >= 0.3 is 5.97 Å². The topological polar surface area (TPSA) is 60.9 Å². The van der Waals surface area contributed by atoms with Crippen LogP contribution in [0, 0.1) is 5.92 Å². The second kappa shape index (κ2) is 8.21. The molecule has 5 nitrogen and oxygen atoms in total. The fourth-order valence-electron chi connectivity index (χ4n) is 4.61. The van der Waals surface area contributed by atoms with E-state index in [1.54, 1.807) is 0 Å². The first kappa shape index (κ1) is 18.9. The molecule has 3 atom stereocenters. The maximum atomic E-state index is 13.1. The van der Waals surface area contributed by atoms with Crippen LogP contribution in [0.2, 0.25) is 0 Å². The molecule has 5 heteroatoms. The van der Waals surface area contributed by atoms with Gasteiger partial charge in [-0.2, -0.15) is 0 Å². The number of amides is 1. The molecule has 26 heavy (non-hydrogen) atoms. The average molecular weight is 358 g/mol. The van der Waals surface area contributed by atoms with E-state index in [4.69, 9.17) is 0 Å². The fourth-order valence-corrected chi connectivity index (χ4v) is 4.61. The van der Waals surface area contributed by atoms with Gasteiger partial charge in [0.1, 0.15) is 6.04 Å². The summed E-state index contributed by atoms with van der Waals surface area (Å²) in [5.74, 6) is -0.327. The summed E-state index contributed by atoms with van der Waals surface area (Å²) in [5.41, 5.74) is 1.10. The minimum Gasteiger partial charge on any atom is -0.480 e. The second-order valence-electron chi connectivity index (χ2n) is 7.97. The van der Waals surface area contributed by atoms with Gasteiger partial charge < -0.3 is 10.0 Å². The van der Waals surface area contributed by atoms with Crippen LogP contribution in [-0.2, 0) is 16.1 Å². The predicted molar refractivity (Wildman–Crippen MR) is 101 cm³/mol. The zero-order valence-corrected chi connectivity index (χ0v) is 15.8. The molecule has 1 saturated carbocycles. The lowest BCUT2D eigenvalue weighted by atomic mass is 9.85.